The molecule has 2 unspecified atom stereocenters. The van der Waals surface area contributed by atoms with E-state index in [-0.39, 0.29) is 37.4 Å². The molecule has 0 spiro atoms. The van der Waals surface area contributed by atoms with Gasteiger partial charge in [0.05, 0.1) is 30.8 Å². The molecule has 0 amide bonds. The number of aliphatic hydroxyl groups is 1. The molecule has 0 aromatic carbocycles. The fourth-order valence-electron chi connectivity index (χ4n) is 2.16. The Kier molecular flexibility index (Phi) is 6.32. The number of aliphatic hydroxyl groups excluding tert-OH is 1. The van der Waals surface area contributed by atoms with Crippen molar-refractivity contribution in [3.8, 4) is 5.88 Å². The average Bonchev–Trinajstić information content (AvgIpc) is 3.06. The summed E-state index contributed by atoms with van der Waals surface area (Å²) in [6.07, 6.45) is 0.682. The van der Waals surface area contributed by atoms with E-state index in [1.54, 1.807) is 0 Å². The van der Waals surface area contributed by atoms with Gasteiger partial charge in [-0.2, -0.15) is 0 Å². The van der Waals surface area contributed by atoms with Gasteiger partial charge in [0.2, 0.25) is 0 Å². The third-order valence-corrected chi connectivity index (χ3v) is 5.43. The van der Waals surface area contributed by atoms with Crippen LogP contribution in [0.3, 0.4) is 0 Å². The smallest absolute Gasteiger partial charge is 0.350 e. The molecule has 1 aromatic heterocycles. The van der Waals surface area contributed by atoms with Gasteiger partial charge in [-0.05, 0) is 6.04 Å². The fraction of sp³-hybridized carbons (Fsp3) is 0.786. The van der Waals surface area contributed by atoms with Crippen LogP contribution in [0, 0.1) is 16.0 Å². The van der Waals surface area contributed by atoms with Crippen molar-refractivity contribution in [3.05, 3.63) is 16.3 Å². The zero-order valence-electron chi connectivity index (χ0n) is 14.3. The van der Waals surface area contributed by atoms with E-state index in [9.17, 15) is 15.2 Å². The molecule has 1 fully saturated rings. The predicted molar refractivity (Wildman–Crippen MR) is 88.8 cm³/mol. The maximum absolute atomic E-state index is 11.1. The first-order chi connectivity index (χ1) is 11.3. The first kappa shape index (κ1) is 18.8. The highest BCUT2D eigenvalue weighted by Crippen LogP contribution is 2.26. The quantitative estimate of drug-likeness (QED) is 0.308. The van der Waals surface area contributed by atoms with Gasteiger partial charge in [0, 0.05) is 20.6 Å². The van der Waals surface area contributed by atoms with Crippen molar-refractivity contribution in [2.45, 2.75) is 38.5 Å². The average molecular weight is 359 g/mol. The summed E-state index contributed by atoms with van der Waals surface area (Å²) in [6, 6.07) is 1.01. The summed E-state index contributed by atoms with van der Waals surface area (Å²) < 4.78 is 17.5. The number of hydrogen-bond donors (Lipinski definition) is 1. The second-order valence-electron chi connectivity index (χ2n) is 7.14. The van der Waals surface area contributed by atoms with E-state index < -0.39 is 19.1 Å². The summed E-state index contributed by atoms with van der Waals surface area (Å²) in [7, 11) is -1.18. The van der Waals surface area contributed by atoms with Gasteiger partial charge in [0.25, 0.3) is 0 Å². The molecule has 136 valence electrons. The second-order valence-corrected chi connectivity index (χ2v) is 12.8. The van der Waals surface area contributed by atoms with Crippen LogP contribution in [-0.2, 0) is 16.2 Å². The third kappa shape index (κ3) is 5.55. The molecular formula is C14H25N3O6Si. The Bertz CT molecular complexity index is 559. The van der Waals surface area contributed by atoms with Crippen LogP contribution < -0.4 is 4.74 Å². The van der Waals surface area contributed by atoms with Gasteiger partial charge in [-0.1, -0.05) is 19.6 Å². The summed E-state index contributed by atoms with van der Waals surface area (Å²) in [4.78, 5) is 10.6. The molecule has 9 nitrogen and oxygen atoms in total. The Balaban J connectivity index is 1.90. The predicted octanol–water partition coefficient (Wildman–Crippen LogP) is 1.49. The molecule has 24 heavy (non-hydrogen) atoms. The monoisotopic (exact) mass is 359 g/mol. The zero-order chi connectivity index (χ0) is 17.7. The Hall–Kier alpha value is -1.49. The van der Waals surface area contributed by atoms with Crippen LogP contribution in [0.25, 0.3) is 0 Å². The first-order valence-electron chi connectivity index (χ1n) is 7.94. The minimum Gasteiger partial charge on any atom is -0.471 e. The molecule has 1 aliphatic heterocycles. The topological polar surface area (TPSA) is 109 Å². The number of ether oxygens (including phenoxy) is 3. The van der Waals surface area contributed by atoms with Gasteiger partial charge in [0.1, 0.15) is 12.9 Å². The van der Waals surface area contributed by atoms with Crippen molar-refractivity contribution < 1.29 is 24.2 Å². The van der Waals surface area contributed by atoms with Crippen molar-refractivity contribution in [1.29, 1.82) is 0 Å². The summed E-state index contributed by atoms with van der Waals surface area (Å²) in [5.41, 5.74) is -0.211. The molecule has 0 radical (unpaired) electrons. The van der Waals surface area contributed by atoms with Crippen molar-refractivity contribution in [2.24, 2.45) is 5.92 Å². The van der Waals surface area contributed by atoms with Crippen LogP contribution in [0.1, 0.15) is 0 Å². The fourth-order valence-corrected chi connectivity index (χ4v) is 2.91. The minimum atomic E-state index is -1.18. The van der Waals surface area contributed by atoms with E-state index in [4.69, 9.17) is 14.2 Å². The molecule has 2 heterocycles. The Labute approximate surface area is 141 Å². The van der Waals surface area contributed by atoms with Gasteiger partial charge in [0.15, 0.2) is 0 Å². The summed E-state index contributed by atoms with van der Waals surface area (Å²) >= 11 is 0. The van der Waals surface area contributed by atoms with E-state index >= 15 is 0 Å². The maximum atomic E-state index is 11.1. The summed E-state index contributed by atoms with van der Waals surface area (Å²) in [5, 5.41) is 24.9. The molecule has 1 aliphatic rings. The van der Waals surface area contributed by atoms with Crippen LogP contribution in [0.4, 0.5) is 5.69 Å². The maximum Gasteiger partial charge on any atom is 0.350 e. The minimum absolute atomic E-state index is 0.0621. The number of nitrogens with zero attached hydrogens (tertiary/aromatic N) is 3. The number of rotatable bonds is 9. The Morgan fingerprint density at radius 1 is 1.50 bits per heavy atom. The first-order valence-corrected chi connectivity index (χ1v) is 11.6. The molecule has 0 saturated carbocycles. The van der Waals surface area contributed by atoms with Gasteiger partial charge in [-0.15, -0.1) is 5.10 Å². The van der Waals surface area contributed by atoms with E-state index in [0.29, 0.717) is 13.2 Å². The third-order valence-electron chi connectivity index (χ3n) is 3.73. The van der Waals surface area contributed by atoms with E-state index in [0.717, 1.165) is 6.04 Å². The van der Waals surface area contributed by atoms with Crippen LogP contribution >= 0.6 is 0 Å². The van der Waals surface area contributed by atoms with E-state index in [1.807, 2.05) is 0 Å². The molecule has 1 N–H and O–H groups in total. The SMILES string of the molecule is C[Si](C)(C)CCOCn1cc([N+](=O)[O-])c(OCC2COCC2O)n1. The second kappa shape index (κ2) is 8.06. The molecule has 0 aliphatic carbocycles. The van der Waals surface area contributed by atoms with Crippen LogP contribution in [0.15, 0.2) is 6.20 Å². The molecule has 1 aromatic rings. The molecular weight excluding hydrogens is 334 g/mol. The lowest BCUT2D eigenvalue weighted by Gasteiger charge is -2.15. The highest BCUT2D eigenvalue weighted by molar-refractivity contribution is 6.76. The standard InChI is InChI=1S/C14H25N3O6Si/c1-24(2,3)5-4-21-10-16-6-12(17(19)20)14(15-16)23-8-11-7-22-9-13(11)18/h6,11,13,18H,4-5,7-10H2,1-3H3. The van der Waals surface area contributed by atoms with E-state index in [2.05, 4.69) is 24.7 Å². The molecule has 10 heteroatoms. The molecule has 0 bridgehead atoms. The lowest BCUT2D eigenvalue weighted by atomic mass is 10.1. The number of aromatic nitrogens is 2. The van der Waals surface area contributed by atoms with Crippen molar-refractivity contribution in [1.82, 2.24) is 9.78 Å². The summed E-state index contributed by atoms with van der Waals surface area (Å²) in [6.45, 7) is 8.25. The van der Waals surface area contributed by atoms with E-state index in [1.165, 1.54) is 10.9 Å². The molecule has 1 saturated heterocycles. The summed E-state index contributed by atoms with van der Waals surface area (Å²) in [5.74, 6) is -0.268. The Morgan fingerprint density at radius 2 is 2.25 bits per heavy atom. The van der Waals surface area contributed by atoms with Crippen molar-refractivity contribution in [2.75, 3.05) is 26.4 Å². The lowest BCUT2D eigenvalue weighted by molar-refractivity contribution is -0.386. The van der Waals surface area contributed by atoms with Gasteiger partial charge < -0.3 is 19.3 Å². The van der Waals surface area contributed by atoms with Gasteiger partial charge >= 0.3 is 11.6 Å². The van der Waals surface area contributed by atoms with Crippen LogP contribution in [0.2, 0.25) is 25.7 Å². The number of hydrogen-bond acceptors (Lipinski definition) is 7. The van der Waals surface area contributed by atoms with Gasteiger partial charge in [-0.3, -0.25) is 10.1 Å². The molecule has 2 rings (SSSR count). The number of nitro groups is 1. The zero-order valence-corrected chi connectivity index (χ0v) is 15.3. The Morgan fingerprint density at radius 3 is 2.83 bits per heavy atom. The van der Waals surface area contributed by atoms with Crippen LogP contribution in [0.5, 0.6) is 5.88 Å². The lowest BCUT2D eigenvalue weighted by Crippen LogP contribution is -2.24. The van der Waals surface area contributed by atoms with Gasteiger partial charge in [-0.25, -0.2) is 4.68 Å². The highest BCUT2D eigenvalue weighted by Gasteiger charge is 2.29. The normalized spacial score (nSPS) is 21.2. The van der Waals surface area contributed by atoms with Crippen LogP contribution in [-0.4, -0.2) is 60.4 Å². The highest BCUT2D eigenvalue weighted by atomic mass is 28.3. The largest absolute Gasteiger partial charge is 0.471 e. The van der Waals surface area contributed by atoms with Crippen molar-refractivity contribution >= 4 is 13.8 Å². The molecule has 2 atom stereocenters. The van der Waals surface area contributed by atoms with Crippen molar-refractivity contribution in [3.63, 3.8) is 0 Å².